The third kappa shape index (κ3) is 2.23. The van der Waals surface area contributed by atoms with Crippen molar-refractivity contribution >= 4 is 34.6 Å². The van der Waals surface area contributed by atoms with Crippen LogP contribution in [0.5, 0.6) is 0 Å². The Balaban J connectivity index is 1.97. The molecule has 5 nitrogen and oxygen atoms in total. The minimum atomic E-state index is -0.618. The molecule has 0 amide bonds. The summed E-state index contributed by atoms with van der Waals surface area (Å²) in [6.07, 6.45) is 0. The number of nitrogens with two attached hydrogens (primary N) is 1. The van der Waals surface area contributed by atoms with Crippen molar-refractivity contribution in [3.05, 3.63) is 80.9 Å². The van der Waals surface area contributed by atoms with Gasteiger partial charge in [0.05, 0.1) is 50.6 Å². The molecule has 2 heterocycles. The van der Waals surface area contributed by atoms with Crippen LogP contribution >= 0.6 is 23.2 Å². The summed E-state index contributed by atoms with van der Waals surface area (Å²) in [7, 11) is 0. The predicted octanol–water partition coefficient (Wildman–Crippen LogP) is 4.45. The number of rotatable bonds is 1. The summed E-state index contributed by atoms with van der Waals surface area (Å²) in [5, 5.41) is 23.6. The Labute approximate surface area is 160 Å². The van der Waals surface area contributed by atoms with Gasteiger partial charge in [-0.15, -0.1) is 0 Å². The van der Waals surface area contributed by atoms with E-state index in [0.29, 0.717) is 32.6 Å². The van der Waals surface area contributed by atoms with Crippen LogP contribution in [0.2, 0.25) is 10.0 Å². The van der Waals surface area contributed by atoms with Gasteiger partial charge < -0.3 is 11.1 Å². The minimum absolute atomic E-state index is 0.287. The van der Waals surface area contributed by atoms with Crippen molar-refractivity contribution in [1.82, 2.24) is 0 Å². The molecule has 0 aromatic heterocycles. The van der Waals surface area contributed by atoms with Crippen LogP contribution < -0.4 is 16.0 Å². The molecular weight excluding hydrogens is 369 g/mol. The molecule has 0 saturated carbocycles. The van der Waals surface area contributed by atoms with E-state index in [1.54, 1.807) is 23.1 Å². The summed E-state index contributed by atoms with van der Waals surface area (Å²) in [5.74, 6) is 0.226. The van der Waals surface area contributed by atoms with Crippen molar-refractivity contribution < 1.29 is 0 Å². The van der Waals surface area contributed by atoms with Crippen LogP contribution in [0.25, 0.3) is 0 Å². The van der Waals surface area contributed by atoms with Gasteiger partial charge in [0.15, 0.2) is 0 Å². The molecular formula is C19H11Cl2N5. The normalized spacial score (nSPS) is 18.0. The minimum Gasteiger partial charge on any atom is -0.384 e. The molecule has 1 atom stereocenters. The van der Waals surface area contributed by atoms with Gasteiger partial charge in [-0.1, -0.05) is 41.4 Å². The lowest BCUT2D eigenvalue weighted by Gasteiger charge is -2.31. The largest absolute Gasteiger partial charge is 0.384 e. The average molecular weight is 380 g/mol. The molecule has 4 rings (SSSR count). The van der Waals surface area contributed by atoms with E-state index in [-0.39, 0.29) is 5.82 Å². The monoisotopic (exact) mass is 379 g/mol. The van der Waals surface area contributed by atoms with E-state index in [9.17, 15) is 10.5 Å². The fraction of sp³-hybridized carbons (Fsp3) is 0.0526. The zero-order valence-electron chi connectivity index (χ0n) is 13.3. The summed E-state index contributed by atoms with van der Waals surface area (Å²) in [5.41, 5.74) is 9.33. The van der Waals surface area contributed by atoms with Crippen molar-refractivity contribution in [3.8, 4) is 12.1 Å². The lowest BCUT2D eigenvalue weighted by molar-refractivity contribution is 0.868. The van der Waals surface area contributed by atoms with Crippen molar-refractivity contribution in [3.63, 3.8) is 0 Å². The van der Waals surface area contributed by atoms with E-state index < -0.39 is 5.92 Å². The number of para-hydroxylation sites is 2. The Bertz CT molecular complexity index is 1090. The Hall–Kier alpha value is -3.12. The van der Waals surface area contributed by atoms with E-state index >= 15 is 0 Å². The van der Waals surface area contributed by atoms with Gasteiger partial charge in [-0.25, -0.2) is 0 Å². The van der Waals surface area contributed by atoms with E-state index in [2.05, 4.69) is 17.5 Å². The topological polar surface area (TPSA) is 88.9 Å². The highest BCUT2D eigenvalue weighted by Crippen LogP contribution is 2.47. The number of benzene rings is 2. The number of halogens is 2. The van der Waals surface area contributed by atoms with Crippen LogP contribution in [-0.2, 0) is 0 Å². The number of fused-ring (bicyclic) bond motifs is 3. The first-order valence-electron chi connectivity index (χ1n) is 7.72. The zero-order valence-corrected chi connectivity index (χ0v) is 14.8. The number of anilines is 2. The van der Waals surface area contributed by atoms with Gasteiger partial charge in [0, 0.05) is 0 Å². The first-order chi connectivity index (χ1) is 12.6. The third-order valence-electron chi connectivity index (χ3n) is 4.49. The molecule has 26 heavy (non-hydrogen) atoms. The standard InChI is InChI=1S/C19H11Cl2N5/c20-13-6-5-10(7-14(13)21)17-11(8-22)18(24)26-16-4-2-1-3-15(16)25-19(26)12(17)9-23/h1-7,17,25H,24H2. The molecule has 2 aromatic rings. The molecule has 7 heteroatoms. The van der Waals surface area contributed by atoms with Gasteiger partial charge in [0.25, 0.3) is 0 Å². The second-order valence-corrected chi connectivity index (χ2v) is 6.68. The fourth-order valence-corrected chi connectivity index (χ4v) is 3.64. The molecule has 0 fully saturated rings. The maximum atomic E-state index is 9.87. The first-order valence-corrected chi connectivity index (χ1v) is 8.47. The number of allylic oxidation sites excluding steroid dienone is 2. The molecule has 0 bridgehead atoms. The van der Waals surface area contributed by atoms with E-state index in [0.717, 1.165) is 11.4 Å². The van der Waals surface area contributed by atoms with Crippen LogP contribution in [-0.4, -0.2) is 0 Å². The van der Waals surface area contributed by atoms with Crippen LogP contribution in [0, 0.1) is 22.7 Å². The number of nitrogens with zero attached hydrogens (tertiary/aromatic N) is 3. The lowest BCUT2D eigenvalue weighted by atomic mass is 9.83. The van der Waals surface area contributed by atoms with Crippen LogP contribution in [0.4, 0.5) is 11.4 Å². The van der Waals surface area contributed by atoms with Crippen LogP contribution in [0.3, 0.4) is 0 Å². The van der Waals surface area contributed by atoms with Crippen molar-refractivity contribution in [2.45, 2.75) is 5.92 Å². The van der Waals surface area contributed by atoms with Gasteiger partial charge in [-0.05, 0) is 29.8 Å². The molecule has 0 radical (unpaired) electrons. The Morgan fingerprint density at radius 2 is 1.73 bits per heavy atom. The Morgan fingerprint density at radius 3 is 2.42 bits per heavy atom. The number of nitrogens with one attached hydrogen (secondary N) is 1. The Morgan fingerprint density at radius 1 is 1.00 bits per heavy atom. The lowest BCUT2D eigenvalue weighted by Crippen LogP contribution is -2.34. The van der Waals surface area contributed by atoms with Gasteiger partial charge in [-0.2, -0.15) is 10.5 Å². The van der Waals surface area contributed by atoms with Crippen LogP contribution in [0.1, 0.15) is 11.5 Å². The van der Waals surface area contributed by atoms with E-state index in [1.165, 1.54) is 0 Å². The number of nitriles is 2. The van der Waals surface area contributed by atoms with E-state index in [1.807, 2.05) is 24.3 Å². The highest BCUT2D eigenvalue weighted by Gasteiger charge is 2.40. The van der Waals surface area contributed by atoms with Crippen LogP contribution in [0.15, 0.2) is 65.3 Å². The summed E-state index contributed by atoms with van der Waals surface area (Å²) < 4.78 is 0. The van der Waals surface area contributed by atoms with Gasteiger partial charge in [0.1, 0.15) is 11.6 Å². The third-order valence-corrected chi connectivity index (χ3v) is 5.23. The molecule has 2 aliphatic rings. The number of hydrogen-bond donors (Lipinski definition) is 2. The molecule has 1 unspecified atom stereocenters. The highest BCUT2D eigenvalue weighted by molar-refractivity contribution is 6.42. The Kier molecular flexibility index (Phi) is 3.77. The molecule has 126 valence electrons. The highest BCUT2D eigenvalue weighted by atomic mass is 35.5. The molecule has 3 N–H and O–H groups in total. The second-order valence-electron chi connectivity index (χ2n) is 5.87. The smallest absolute Gasteiger partial charge is 0.131 e. The number of hydrogen-bond acceptors (Lipinski definition) is 5. The van der Waals surface area contributed by atoms with Gasteiger partial charge in [0.2, 0.25) is 0 Å². The average Bonchev–Trinajstić information content (AvgIpc) is 3.03. The van der Waals surface area contributed by atoms with E-state index in [4.69, 9.17) is 28.9 Å². The van der Waals surface area contributed by atoms with Crippen molar-refractivity contribution in [2.24, 2.45) is 5.73 Å². The fourth-order valence-electron chi connectivity index (χ4n) is 3.33. The summed E-state index contributed by atoms with van der Waals surface area (Å²) in [6, 6.07) is 17.0. The molecule has 0 saturated heterocycles. The molecule has 0 aliphatic carbocycles. The van der Waals surface area contributed by atoms with Crippen molar-refractivity contribution in [2.75, 3.05) is 10.2 Å². The first kappa shape index (κ1) is 16.4. The summed E-state index contributed by atoms with van der Waals surface area (Å²) >= 11 is 12.2. The molecule has 2 aromatic carbocycles. The molecule has 2 aliphatic heterocycles. The zero-order chi connectivity index (χ0) is 18.4. The maximum Gasteiger partial charge on any atom is 0.131 e. The predicted molar refractivity (Wildman–Crippen MR) is 101 cm³/mol. The summed E-state index contributed by atoms with van der Waals surface area (Å²) in [4.78, 5) is 1.71. The van der Waals surface area contributed by atoms with Gasteiger partial charge in [-0.3, -0.25) is 4.90 Å². The second kappa shape index (κ2) is 6.00. The van der Waals surface area contributed by atoms with Crippen molar-refractivity contribution in [1.29, 1.82) is 10.5 Å². The summed E-state index contributed by atoms with van der Waals surface area (Å²) in [6.45, 7) is 0. The maximum absolute atomic E-state index is 9.87. The quantitative estimate of drug-likeness (QED) is 0.763. The van der Waals surface area contributed by atoms with Gasteiger partial charge >= 0.3 is 0 Å². The molecule has 0 spiro atoms. The SMILES string of the molecule is N#CC1=C(N)N2C(=C(C#N)C1c1ccc(Cl)c(Cl)c1)Nc1ccccc12.